The van der Waals surface area contributed by atoms with Gasteiger partial charge in [0.25, 0.3) is 0 Å². The fourth-order valence-electron chi connectivity index (χ4n) is 1.53. The van der Waals surface area contributed by atoms with Crippen LogP contribution in [0.2, 0.25) is 0 Å². The van der Waals surface area contributed by atoms with Gasteiger partial charge >= 0.3 is 5.97 Å². The molecular formula is C10H12N2O3. The van der Waals surface area contributed by atoms with Gasteiger partial charge in [0.15, 0.2) is 11.5 Å². The van der Waals surface area contributed by atoms with E-state index in [4.69, 9.17) is 9.63 Å². The number of aromatic carboxylic acids is 1. The van der Waals surface area contributed by atoms with Crippen molar-refractivity contribution < 1.29 is 14.4 Å². The first kappa shape index (κ1) is 9.92. The molecule has 1 aliphatic rings. The maximum atomic E-state index is 10.5. The Morgan fingerprint density at radius 1 is 1.60 bits per heavy atom. The molecule has 5 heteroatoms. The van der Waals surface area contributed by atoms with Crippen LogP contribution in [0.15, 0.2) is 22.7 Å². The van der Waals surface area contributed by atoms with Crippen molar-refractivity contribution in [3.63, 3.8) is 0 Å². The van der Waals surface area contributed by atoms with Crippen LogP contribution in [0.25, 0.3) is 0 Å². The second-order valence-electron chi connectivity index (χ2n) is 3.50. The molecule has 0 spiro atoms. The van der Waals surface area contributed by atoms with E-state index >= 15 is 0 Å². The van der Waals surface area contributed by atoms with E-state index < -0.39 is 5.97 Å². The molecule has 5 nitrogen and oxygen atoms in total. The van der Waals surface area contributed by atoms with Crippen molar-refractivity contribution in [2.24, 2.45) is 0 Å². The number of hydrogen-bond donors (Lipinski definition) is 2. The molecule has 0 bridgehead atoms. The zero-order valence-electron chi connectivity index (χ0n) is 8.14. The molecule has 0 unspecified atom stereocenters. The Hall–Kier alpha value is -1.62. The molecule has 0 amide bonds. The molecule has 2 N–H and O–H groups in total. The van der Waals surface area contributed by atoms with Crippen molar-refractivity contribution in [3.05, 3.63) is 29.7 Å². The van der Waals surface area contributed by atoms with Crippen molar-refractivity contribution in [1.82, 2.24) is 10.5 Å². The molecule has 2 rings (SSSR count). The van der Waals surface area contributed by atoms with Gasteiger partial charge in [0.2, 0.25) is 0 Å². The first-order valence-electron chi connectivity index (χ1n) is 4.83. The van der Waals surface area contributed by atoms with Crippen molar-refractivity contribution in [2.75, 3.05) is 0 Å². The number of carbonyl (C=O) groups is 1. The van der Waals surface area contributed by atoms with Crippen LogP contribution in [0, 0.1) is 0 Å². The van der Waals surface area contributed by atoms with Gasteiger partial charge in [-0.15, -0.1) is 0 Å². The van der Waals surface area contributed by atoms with Crippen molar-refractivity contribution in [1.29, 1.82) is 0 Å². The minimum atomic E-state index is -1.06. The Labute approximate surface area is 86.8 Å². The van der Waals surface area contributed by atoms with Crippen LogP contribution in [0.1, 0.15) is 29.1 Å². The van der Waals surface area contributed by atoms with Gasteiger partial charge in [-0.2, -0.15) is 0 Å². The highest BCUT2D eigenvalue weighted by Gasteiger charge is 2.13. The van der Waals surface area contributed by atoms with Crippen molar-refractivity contribution >= 4 is 5.97 Å². The summed E-state index contributed by atoms with van der Waals surface area (Å²) < 4.78 is 4.87. The lowest BCUT2D eigenvalue weighted by atomic mass is 10.2. The number of rotatable bonds is 4. The Bertz CT molecular complexity index is 376. The van der Waals surface area contributed by atoms with Gasteiger partial charge in [-0.05, 0) is 12.8 Å². The van der Waals surface area contributed by atoms with Gasteiger partial charge < -0.3 is 14.9 Å². The molecule has 0 aromatic carbocycles. The first-order chi connectivity index (χ1) is 7.25. The standard InChI is InChI=1S/C10H12N2O3/c13-10(14)9-5-8(15-12-9)6-11-7-3-1-2-4-7/h1-2,5,7,11H,3-4,6H2,(H,13,14). The predicted octanol–water partition coefficient (Wildman–Crippen LogP) is 1.18. The van der Waals surface area contributed by atoms with Crippen LogP contribution in [-0.2, 0) is 6.54 Å². The second kappa shape index (κ2) is 4.27. The highest BCUT2D eigenvalue weighted by Crippen LogP contribution is 2.10. The van der Waals surface area contributed by atoms with Crippen LogP contribution < -0.4 is 5.32 Å². The molecule has 0 radical (unpaired) electrons. The molecule has 1 heterocycles. The summed E-state index contributed by atoms with van der Waals surface area (Å²) in [6, 6.07) is 1.88. The lowest BCUT2D eigenvalue weighted by Gasteiger charge is -2.08. The normalized spacial score (nSPS) is 16.0. The van der Waals surface area contributed by atoms with Gasteiger partial charge in [0.05, 0.1) is 6.54 Å². The van der Waals surface area contributed by atoms with Crippen molar-refractivity contribution in [3.8, 4) is 0 Å². The highest BCUT2D eigenvalue weighted by molar-refractivity contribution is 5.85. The highest BCUT2D eigenvalue weighted by atomic mass is 16.5. The quantitative estimate of drug-likeness (QED) is 0.727. The van der Waals surface area contributed by atoms with E-state index in [1.807, 2.05) is 0 Å². The third-order valence-electron chi connectivity index (χ3n) is 2.35. The molecule has 0 fully saturated rings. The lowest BCUT2D eigenvalue weighted by Crippen LogP contribution is -2.25. The second-order valence-corrected chi connectivity index (χ2v) is 3.50. The number of nitrogens with zero attached hydrogens (tertiary/aromatic N) is 1. The summed E-state index contributed by atoms with van der Waals surface area (Å²) in [4.78, 5) is 10.5. The SMILES string of the molecule is O=C(O)c1cc(CNC2CC=CC2)on1. The molecule has 80 valence electrons. The van der Waals surface area contributed by atoms with E-state index in [0.29, 0.717) is 18.3 Å². The van der Waals surface area contributed by atoms with Gasteiger partial charge in [0, 0.05) is 12.1 Å². The first-order valence-corrected chi connectivity index (χ1v) is 4.83. The van der Waals surface area contributed by atoms with E-state index in [9.17, 15) is 4.79 Å². The molecule has 1 aliphatic carbocycles. The molecule has 0 saturated heterocycles. The maximum Gasteiger partial charge on any atom is 0.358 e. The molecule has 0 saturated carbocycles. The number of aromatic nitrogens is 1. The maximum absolute atomic E-state index is 10.5. The molecule has 0 atom stereocenters. The molecule has 1 aromatic rings. The van der Waals surface area contributed by atoms with E-state index in [2.05, 4.69) is 22.6 Å². The smallest absolute Gasteiger partial charge is 0.358 e. The average molecular weight is 208 g/mol. The van der Waals surface area contributed by atoms with E-state index in [0.717, 1.165) is 12.8 Å². The third kappa shape index (κ3) is 2.44. The minimum absolute atomic E-state index is 0.0450. The van der Waals surface area contributed by atoms with Crippen molar-refractivity contribution in [2.45, 2.75) is 25.4 Å². The minimum Gasteiger partial charge on any atom is -0.476 e. The van der Waals surface area contributed by atoms with Gasteiger partial charge in [0.1, 0.15) is 0 Å². The van der Waals surface area contributed by atoms with Gasteiger partial charge in [-0.3, -0.25) is 0 Å². The van der Waals surface area contributed by atoms with Gasteiger partial charge in [-0.25, -0.2) is 4.79 Å². The Balaban J connectivity index is 1.85. The summed E-state index contributed by atoms with van der Waals surface area (Å²) >= 11 is 0. The predicted molar refractivity (Wildman–Crippen MR) is 52.5 cm³/mol. The molecule has 15 heavy (non-hydrogen) atoms. The fourth-order valence-corrected chi connectivity index (χ4v) is 1.53. The summed E-state index contributed by atoms with van der Waals surface area (Å²) in [5, 5.41) is 15.3. The van der Waals surface area contributed by atoms with Gasteiger partial charge in [-0.1, -0.05) is 17.3 Å². The molecule has 1 aromatic heterocycles. The number of nitrogens with one attached hydrogen (secondary N) is 1. The number of carboxylic acid groups (broad SMARTS) is 1. The summed E-state index contributed by atoms with van der Waals surface area (Å²) in [7, 11) is 0. The molecular weight excluding hydrogens is 196 g/mol. The Morgan fingerprint density at radius 2 is 2.33 bits per heavy atom. The van der Waals surface area contributed by atoms with Crippen LogP contribution in [0.4, 0.5) is 0 Å². The number of hydrogen-bond acceptors (Lipinski definition) is 4. The monoisotopic (exact) mass is 208 g/mol. The third-order valence-corrected chi connectivity index (χ3v) is 2.35. The topological polar surface area (TPSA) is 75.4 Å². The summed E-state index contributed by atoms with van der Waals surface area (Å²) in [5.41, 5.74) is -0.0450. The summed E-state index contributed by atoms with van der Waals surface area (Å²) in [5.74, 6) is -0.508. The zero-order valence-corrected chi connectivity index (χ0v) is 8.14. The van der Waals surface area contributed by atoms with E-state index in [1.165, 1.54) is 6.07 Å². The van der Waals surface area contributed by atoms with Crippen LogP contribution >= 0.6 is 0 Å². The summed E-state index contributed by atoms with van der Waals surface area (Å²) in [6.45, 7) is 0.520. The Morgan fingerprint density at radius 3 is 2.93 bits per heavy atom. The van der Waals surface area contributed by atoms with Crippen LogP contribution in [-0.4, -0.2) is 22.3 Å². The van der Waals surface area contributed by atoms with E-state index in [1.54, 1.807) is 0 Å². The summed E-state index contributed by atoms with van der Waals surface area (Å²) in [6.07, 6.45) is 6.28. The average Bonchev–Trinajstić information content (AvgIpc) is 2.86. The zero-order chi connectivity index (χ0) is 10.7. The largest absolute Gasteiger partial charge is 0.476 e. The van der Waals surface area contributed by atoms with Crippen LogP contribution in [0.5, 0.6) is 0 Å². The van der Waals surface area contributed by atoms with Crippen LogP contribution in [0.3, 0.4) is 0 Å². The fraction of sp³-hybridized carbons (Fsp3) is 0.400. The molecule has 0 aliphatic heterocycles. The van der Waals surface area contributed by atoms with E-state index in [-0.39, 0.29) is 5.69 Å². The lowest BCUT2D eigenvalue weighted by molar-refractivity contribution is 0.0685. The number of carboxylic acids is 1. The Kier molecular flexibility index (Phi) is 2.82.